The van der Waals surface area contributed by atoms with E-state index in [1.54, 1.807) is 30.3 Å². The quantitative estimate of drug-likeness (QED) is 0.577. The van der Waals surface area contributed by atoms with Gasteiger partial charge >= 0.3 is 12.1 Å². The summed E-state index contributed by atoms with van der Waals surface area (Å²) in [6, 6.07) is 11.9. The van der Waals surface area contributed by atoms with E-state index < -0.39 is 23.3 Å². The Bertz CT molecular complexity index is 803. The monoisotopic (exact) mass is 380 g/mol. The molecule has 2 rings (SSSR count). The van der Waals surface area contributed by atoms with Crippen molar-refractivity contribution in [2.24, 2.45) is 0 Å². The summed E-state index contributed by atoms with van der Waals surface area (Å²) in [5.74, 6) is -1.49. The number of rotatable bonds is 7. The molecule has 2 aromatic carbocycles. The minimum absolute atomic E-state index is 0.139. The Balaban J connectivity index is 2.65. The summed E-state index contributed by atoms with van der Waals surface area (Å²) in [4.78, 5) is 12.0. The Labute approximate surface area is 154 Å². The van der Waals surface area contributed by atoms with Gasteiger partial charge in [0.15, 0.2) is 0 Å². The third-order valence-electron chi connectivity index (χ3n) is 3.82. The molecule has 0 aliphatic rings. The van der Waals surface area contributed by atoms with E-state index in [4.69, 9.17) is 4.74 Å². The number of hydrogen-bond donors (Lipinski definition) is 1. The highest BCUT2D eigenvalue weighted by molar-refractivity contribution is 5.83. The molecule has 7 heteroatoms. The van der Waals surface area contributed by atoms with Crippen molar-refractivity contribution in [1.82, 2.24) is 0 Å². The lowest BCUT2D eigenvalue weighted by Crippen LogP contribution is -2.50. The number of halogens is 3. The van der Waals surface area contributed by atoms with Gasteiger partial charge in [-0.15, -0.1) is 0 Å². The highest BCUT2D eigenvalue weighted by Gasteiger charge is 2.62. The molecule has 27 heavy (non-hydrogen) atoms. The van der Waals surface area contributed by atoms with Crippen LogP contribution in [0.5, 0.6) is 5.75 Å². The lowest BCUT2D eigenvalue weighted by Gasteiger charge is -2.29. The van der Waals surface area contributed by atoms with E-state index in [-0.39, 0.29) is 13.2 Å². The van der Waals surface area contributed by atoms with Crippen molar-refractivity contribution in [3.05, 3.63) is 66.7 Å². The average Bonchev–Trinajstić information content (AvgIpc) is 2.65. The van der Waals surface area contributed by atoms with E-state index in [1.807, 2.05) is 0 Å². The van der Waals surface area contributed by atoms with Crippen molar-refractivity contribution in [2.75, 3.05) is 13.2 Å². The van der Waals surface area contributed by atoms with Gasteiger partial charge in [0.05, 0.1) is 6.61 Å². The van der Waals surface area contributed by atoms with E-state index in [1.165, 1.54) is 19.1 Å². The molecule has 4 nitrogen and oxygen atoms in total. The Morgan fingerprint density at radius 1 is 1.19 bits per heavy atom. The van der Waals surface area contributed by atoms with Gasteiger partial charge in [-0.3, -0.25) is 0 Å². The van der Waals surface area contributed by atoms with Crippen LogP contribution in [0.2, 0.25) is 0 Å². The minimum atomic E-state index is -5.27. The van der Waals surface area contributed by atoms with Crippen LogP contribution in [-0.4, -0.2) is 30.5 Å². The summed E-state index contributed by atoms with van der Waals surface area (Å²) in [5, 5.41) is 10.3. The molecule has 0 saturated heterocycles. The Hall–Kier alpha value is -2.80. The fourth-order valence-electron chi connectivity index (χ4n) is 2.51. The largest absolute Gasteiger partial charge is 0.489 e. The molecule has 0 bridgehead atoms. The second-order valence-electron chi connectivity index (χ2n) is 5.61. The summed E-state index contributed by atoms with van der Waals surface area (Å²) in [6.45, 7) is 4.73. The van der Waals surface area contributed by atoms with Gasteiger partial charge in [-0.05, 0) is 24.6 Å². The van der Waals surface area contributed by atoms with Crippen molar-refractivity contribution in [3.8, 4) is 16.9 Å². The maximum Gasteiger partial charge on any atom is 0.432 e. The molecule has 0 heterocycles. The minimum Gasteiger partial charge on any atom is -0.489 e. The van der Waals surface area contributed by atoms with Crippen LogP contribution in [0.1, 0.15) is 12.5 Å². The lowest BCUT2D eigenvalue weighted by molar-refractivity contribution is -0.267. The van der Waals surface area contributed by atoms with Crippen LogP contribution in [0.15, 0.2) is 61.2 Å². The second-order valence-corrected chi connectivity index (χ2v) is 5.61. The SMILES string of the molecule is C=CCOc1ccc([C@@](O)(C(=O)OCC)C(F)(F)F)cc1-c1ccccc1. The second kappa shape index (κ2) is 8.26. The predicted molar refractivity (Wildman–Crippen MR) is 94.2 cm³/mol. The topological polar surface area (TPSA) is 55.8 Å². The van der Waals surface area contributed by atoms with Crippen molar-refractivity contribution in [2.45, 2.75) is 18.7 Å². The van der Waals surface area contributed by atoms with Crippen molar-refractivity contribution in [3.63, 3.8) is 0 Å². The molecule has 0 spiro atoms. The molecule has 0 radical (unpaired) electrons. The zero-order chi connectivity index (χ0) is 20.1. The van der Waals surface area contributed by atoms with Gasteiger partial charge in [-0.25, -0.2) is 4.79 Å². The highest BCUT2D eigenvalue weighted by Crippen LogP contribution is 2.43. The third kappa shape index (κ3) is 4.14. The molecule has 0 fully saturated rings. The molecule has 0 amide bonds. The van der Waals surface area contributed by atoms with Gasteiger partial charge in [0, 0.05) is 11.1 Å². The first-order valence-electron chi connectivity index (χ1n) is 8.15. The number of benzene rings is 2. The molecule has 1 N–H and O–H groups in total. The summed E-state index contributed by atoms with van der Waals surface area (Å²) in [7, 11) is 0. The lowest BCUT2D eigenvalue weighted by atomic mass is 9.90. The van der Waals surface area contributed by atoms with Gasteiger partial charge in [0.25, 0.3) is 5.60 Å². The van der Waals surface area contributed by atoms with E-state index >= 15 is 0 Å². The van der Waals surface area contributed by atoms with Crippen LogP contribution in [-0.2, 0) is 15.1 Å². The molecule has 0 aliphatic carbocycles. The summed E-state index contributed by atoms with van der Waals surface area (Å²) in [5.41, 5.74) is -3.59. The summed E-state index contributed by atoms with van der Waals surface area (Å²) < 4.78 is 50.8. The first kappa shape index (κ1) is 20.5. The number of carbonyl (C=O) groups is 1. The summed E-state index contributed by atoms with van der Waals surface area (Å²) in [6.07, 6.45) is -3.77. The van der Waals surface area contributed by atoms with Gasteiger partial charge in [-0.1, -0.05) is 49.1 Å². The Kier molecular flexibility index (Phi) is 6.28. The predicted octanol–water partition coefficient (Wildman–Crippen LogP) is 4.23. The first-order valence-corrected chi connectivity index (χ1v) is 8.15. The number of aliphatic hydroxyl groups is 1. The normalized spacial score (nSPS) is 13.5. The van der Waals surface area contributed by atoms with Crippen molar-refractivity contribution >= 4 is 5.97 Å². The standard InChI is InChI=1S/C20H19F3O4/c1-3-12-27-17-11-10-15(13-16(17)14-8-6-5-7-9-14)19(25,20(21,22)23)18(24)26-4-2/h3,5-11,13,25H,1,4,12H2,2H3/t19-/m1/s1. The third-order valence-corrected chi connectivity index (χ3v) is 3.82. The molecule has 144 valence electrons. The molecule has 2 aromatic rings. The van der Waals surface area contributed by atoms with Crippen LogP contribution >= 0.6 is 0 Å². The van der Waals surface area contributed by atoms with Crippen LogP contribution in [0.4, 0.5) is 13.2 Å². The zero-order valence-electron chi connectivity index (χ0n) is 14.6. The van der Waals surface area contributed by atoms with Gasteiger partial charge in [-0.2, -0.15) is 13.2 Å². The molecule has 0 saturated carbocycles. The van der Waals surface area contributed by atoms with Gasteiger partial charge < -0.3 is 14.6 Å². The van der Waals surface area contributed by atoms with Crippen molar-refractivity contribution < 1.29 is 32.5 Å². The van der Waals surface area contributed by atoms with E-state index in [0.717, 1.165) is 12.1 Å². The van der Waals surface area contributed by atoms with Crippen LogP contribution < -0.4 is 4.74 Å². The fourth-order valence-corrected chi connectivity index (χ4v) is 2.51. The zero-order valence-corrected chi connectivity index (χ0v) is 14.6. The molecule has 0 aromatic heterocycles. The van der Waals surface area contributed by atoms with E-state index in [9.17, 15) is 23.1 Å². The van der Waals surface area contributed by atoms with E-state index in [0.29, 0.717) is 16.9 Å². The average molecular weight is 380 g/mol. The van der Waals surface area contributed by atoms with Gasteiger partial charge in [0.1, 0.15) is 12.4 Å². The molecular weight excluding hydrogens is 361 g/mol. The molecule has 1 atom stereocenters. The fraction of sp³-hybridized carbons (Fsp3) is 0.250. The van der Waals surface area contributed by atoms with E-state index in [2.05, 4.69) is 11.3 Å². The molecular formula is C20H19F3O4. The number of hydrogen-bond acceptors (Lipinski definition) is 4. The van der Waals surface area contributed by atoms with Crippen molar-refractivity contribution in [1.29, 1.82) is 0 Å². The van der Waals surface area contributed by atoms with Crippen LogP contribution in [0, 0.1) is 0 Å². The number of esters is 1. The number of carbonyl (C=O) groups excluding carboxylic acids is 1. The Morgan fingerprint density at radius 2 is 1.85 bits per heavy atom. The van der Waals surface area contributed by atoms with Crippen LogP contribution in [0.25, 0.3) is 11.1 Å². The molecule has 0 unspecified atom stereocenters. The van der Waals surface area contributed by atoms with Crippen LogP contribution in [0.3, 0.4) is 0 Å². The number of ether oxygens (including phenoxy) is 2. The number of alkyl halides is 3. The summed E-state index contributed by atoms with van der Waals surface area (Å²) >= 11 is 0. The Morgan fingerprint density at radius 3 is 2.41 bits per heavy atom. The smallest absolute Gasteiger partial charge is 0.432 e. The maximum atomic E-state index is 13.6. The maximum absolute atomic E-state index is 13.6. The highest BCUT2D eigenvalue weighted by atomic mass is 19.4. The molecule has 0 aliphatic heterocycles. The van der Waals surface area contributed by atoms with Gasteiger partial charge in [0.2, 0.25) is 0 Å². The first-order chi connectivity index (χ1) is 12.8.